The number of nitrogens with one attached hydrogen (secondary N) is 1. The molecule has 2 amide bonds. The highest BCUT2D eigenvalue weighted by Gasteiger charge is 2.49. The SMILES string of the molecule is CNC(=O)[C@@H]1CC(F)(F)CN1C(=O)/C=C/c1ccc(C(F)(F)F)cc1Cn1nnc(C)n1. The molecule has 1 aromatic carbocycles. The summed E-state index contributed by atoms with van der Waals surface area (Å²) in [6.45, 7) is 0.460. The van der Waals surface area contributed by atoms with Crippen molar-refractivity contribution in [1.29, 1.82) is 0 Å². The molecule has 1 atom stereocenters. The second-order valence-corrected chi connectivity index (χ2v) is 7.27. The van der Waals surface area contributed by atoms with Crippen molar-refractivity contribution < 1.29 is 31.5 Å². The largest absolute Gasteiger partial charge is 0.416 e. The monoisotopic (exact) mass is 458 g/mol. The average Bonchev–Trinajstić information content (AvgIpc) is 3.27. The van der Waals surface area contributed by atoms with Gasteiger partial charge in [0, 0.05) is 19.5 Å². The van der Waals surface area contributed by atoms with Gasteiger partial charge in [-0.1, -0.05) is 6.07 Å². The Bertz CT molecular complexity index is 1050. The second-order valence-electron chi connectivity index (χ2n) is 7.27. The Morgan fingerprint density at radius 1 is 1.31 bits per heavy atom. The van der Waals surface area contributed by atoms with E-state index in [9.17, 15) is 31.5 Å². The van der Waals surface area contributed by atoms with Crippen LogP contribution in [0.15, 0.2) is 24.3 Å². The van der Waals surface area contributed by atoms with Crippen LogP contribution >= 0.6 is 0 Å². The number of hydrogen-bond acceptors (Lipinski definition) is 5. The molecule has 1 aliphatic heterocycles. The van der Waals surface area contributed by atoms with E-state index >= 15 is 0 Å². The van der Waals surface area contributed by atoms with Crippen molar-refractivity contribution in [3.8, 4) is 0 Å². The molecule has 0 unspecified atom stereocenters. The van der Waals surface area contributed by atoms with Gasteiger partial charge in [-0.05, 0) is 41.5 Å². The first-order chi connectivity index (χ1) is 14.9. The van der Waals surface area contributed by atoms with Crippen LogP contribution in [0.3, 0.4) is 0 Å². The Morgan fingerprint density at radius 3 is 2.62 bits per heavy atom. The zero-order valence-corrected chi connectivity index (χ0v) is 17.0. The normalized spacial score (nSPS) is 18.3. The Labute approximate surface area is 179 Å². The molecular weight excluding hydrogens is 439 g/mol. The molecule has 2 aromatic rings. The van der Waals surface area contributed by atoms with Crippen LogP contribution < -0.4 is 5.32 Å². The van der Waals surface area contributed by atoms with E-state index in [4.69, 9.17) is 0 Å². The van der Waals surface area contributed by atoms with Gasteiger partial charge in [0.2, 0.25) is 11.8 Å². The standard InChI is InChI=1S/C19H19F5N6O2/c1-11-26-28-30(27-11)9-13-7-14(19(22,23)24)5-3-12(13)4-6-16(31)29-10-18(20,21)8-15(29)17(32)25-2/h3-7,15H,8-10H2,1-2H3,(H,25,32)/b6-4+/t15-/m0/s1. The zero-order valence-electron chi connectivity index (χ0n) is 17.0. The molecule has 0 saturated carbocycles. The Balaban J connectivity index is 1.89. The lowest BCUT2D eigenvalue weighted by atomic mass is 10.0. The average molecular weight is 458 g/mol. The summed E-state index contributed by atoms with van der Waals surface area (Å²) in [5, 5.41) is 13.6. The van der Waals surface area contributed by atoms with Crippen LogP contribution in [-0.2, 0) is 22.3 Å². The summed E-state index contributed by atoms with van der Waals surface area (Å²) in [6.07, 6.45) is -3.25. The quantitative estimate of drug-likeness (QED) is 0.547. The molecule has 1 saturated heterocycles. The van der Waals surface area contributed by atoms with Crippen LogP contribution in [0.5, 0.6) is 0 Å². The molecule has 1 aliphatic rings. The molecular formula is C19H19F5N6O2. The summed E-state index contributed by atoms with van der Waals surface area (Å²) in [5.41, 5.74) is -0.550. The number of benzene rings is 1. The molecule has 0 aliphatic carbocycles. The van der Waals surface area contributed by atoms with Crippen molar-refractivity contribution >= 4 is 17.9 Å². The van der Waals surface area contributed by atoms with Crippen molar-refractivity contribution in [2.75, 3.05) is 13.6 Å². The molecule has 1 fully saturated rings. The fraction of sp³-hybridized carbons (Fsp3) is 0.421. The lowest BCUT2D eigenvalue weighted by Crippen LogP contribution is -2.44. The van der Waals surface area contributed by atoms with Gasteiger partial charge in [0.25, 0.3) is 5.92 Å². The number of aryl methyl sites for hydroxylation is 1. The van der Waals surface area contributed by atoms with Gasteiger partial charge in [-0.2, -0.15) is 18.0 Å². The molecule has 2 heterocycles. The van der Waals surface area contributed by atoms with Gasteiger partial charge < -0.3 is 10.2 Å². The van der Waals surface area contributed by atoms with Crippen LogP contribution in [0, 0.1) is 6.92 Å². The minimum atomic E-state index is -4.60. The highest BCUT2D eigenvalue weighted by Crippen LogP contribution is 2.33. The van der Waals surface area contributed by atoms with E-state index in [2.05, 4.69) is 20.7 Å². The molecule has 0 spiro atoms. The van der Waals surface area contributed by atoms with Crippen LogP contribution in [0.1, 0.15) is 28.9 Å². The smallest absolute Gasteiger partial charge is 0.357 e. The van der Waals surface area contributed by atoms with Crippen LogP contribution in [0.2, 0.25) is 0 Å². The van der Waals surface area contributed by atoms with E-state index in [-0.39, 0.29) is 17.7 Å². The Hall–Kier alpha value is -3.38. The van der Waals surface area contributed by atoms with Gasteiger partial charge in [0.15, 0.2) is 5.82 Å². The molecule has 172 valence electrons. The molecule has 8 nitrogen and oxygen atoms in total. The van der Waals surface area contributed by atoms with E-state index in [1.165, 1.54) is 13.1 Å². The number of alkyl halides is 5. The third kappa shape index (κ3) is 5.26. The van der Waals surface area contributed by atoms with E-state index < -0.39 is 48.5 Å². The maximum atomic E-state index is 13.8. The number of halogens is 5. The number of tetrazole rings is 1. The number of carbonyl (C=O) groups excluding carboxylic acids is 2. The van der Waals surface area contributed by atoms with E-state index in [0.29, 0.717) is 5.82 Å². The van der Waals surface area contributed by atoms with Crippen LogP contribution in [-0.4, -0.2) is 62.5 Å². The maximum absolute atomic E-state index is 13.8. The molecule has 32 heavy (non-hydrogen) atoms. The fourth-order valence-corrected chi connectivity index (χ4v) is 3.33. The molecule has 1 N–H and O–H groups in total. The number of hydrogen-bond donors (Lipinski definition) is 1. The molecule has 1 aromatic heterocycles. The first-order valence-electron chi connectivity index (χ1n) is 9.42. The fourth-order valence-electron chi connectivity index (χ4n) is 3.33. The maximum Gasteiger partial charge on any atom is 0.416 e. The number of rotatable bonds is 5. The highest BCUT2D eigenvalue weighted by atomic mass is 19.4. The number of nitrogens with zero attached hydrogens (tertiary/aromatic N) is 5. The summed E-state index contributed by atoms with van der Waals surface area (Å²) in [5.74, 6) is -4.50. The number of likely N-dealkylation sites (N-methyl/N-ethyl adjacent to an activating group) is 1. The van der Waals surface area contributed by atoms with E-state index in [1.807, 2.05) is 0 Å². The summed E-state index contributed by atoms with van der Waals surface area (Å²) in [6, 6.07) is 1.53. The van der Waals surface area contributed by atoms with Gasteiger partial charge in [-0.15, -0.1) is 10.2 Å². The van der Waals surface area contributed by atoms with Crippen molar-refractivity contribution in [3.05, 3.63) is 46.8 Å². The van der Waals surface area contributed by atoms with E-state index in [1.54, 1.807) is 6.92 Å². The first-order valence-corrected chi connectivity index (χ1v) is 9.42. The molecule has 3 rings (SSSR count). The third-order valence-corrected chi connectivity index (χ3v) is 4.84. The molecule has 0 bridgehead atoms. The van der Waals surface area contributed by atoms with E-state index in [0.717, 1.165) is 34.0 Å². The Morgan fingerprint density at radius 2 is 2.03 bits per heavy atom. The zero-order chi connectivity index (χ0) is 23.7. The van der Waals surface area contributed by atoms with Crippen LogP contribution in [0.25, 0.3) is 6.08 Å². The van der Waals surface area contributed by atoms with Gasteiger partial charge in [0.05, 0.1) is 18.7 Å². The number of amides is 2. The molecule has 13 heteroatoms. The van der Waals surface area contributed by atoms with Gasteiger partial charge in [0.1, 0.15) is 6.04 Å². The lowest BCUT2D eigenvalue weighted by Gasteiger charge is -2.21. The number of aromatic nitrogens is 4. The van der Waals surface area contributed by atoms with Crippen molar-refractivity contribution in [2.45, 2.75) is 38.0 Å². The minimum absolute atomic E-state index is 0.135. The third-order valence-electron chi connectivity index (χ3n) is 4.84. The lowest BCUT2D eigenvalue weighted by molar-refractivity contribution is -0.137. The highest BCUT2D eigenvalue weighted by molar-refractivity contribution is 5.96. The summed E-state index contributed by atoms with van der Waals surface area (Å²) >= 11 is 0. The Kier molecular flexibility index (Phi) is 6.28. The summed E-state index contributed by atoms with van der Waals surface area (Å²) in [4.78, 5) is 26.3. The number of carbonyl (C=O) groups is 2. The number of likely N-dealkylation sites (tertiary alicyclic amines) is 1. The van der Waals surface area contributed by atoms with Gasteiger partial charge >= 0.3 is 6.18 Å². The van der Waals surface area contributed by atoms with Crippen LogP contribution in [0.4, 0.5) is 22.0 Å². The van der Waals surface area contributed by atoms with Gasteiger partial charge in [-0.25, -0.2) is 8.78 Å². The van der Waals surface area contributed by atoms with Crippen molar-refractivity contribution in [3.63, 3.8) is 0 Å². The summed E-state index contributed by atoms with van der Waals surface area (Å²) < 4.78 is 67.0. The van der Waals surface area contributed by atoms with Crippen molar-refractivity contribution in [1.82, 2.24) is 30.4 Å². The predicted octanol–water partition coefficient (Wildman–Crippen LogP) is 2.04. The predicted molar refractivity (Wildman–Crippen MR) is 101 cm³/mol. The van der Waals surface area contributed by atoms with Crippen molar-refractivity contribution in [2.24, 2.45) is 0 Å². The summed E-state index contributed by atoms with van der Waals surface area (Å²) in [7, 11) is 1.27. The minimum Gasteiger partial charge on any atom is -0.357 e. The second kappa shape index (κ2) is 8.63. The topological polar surface area (TPSA) is 93.0 Å². The van der Waals surface area contributed by atoms with Gasteiger partial charge in [-0.3, -0.25) is 9.59 Å². The molecule has 0 radical (unpaired) electrons. The first kappa shape index (κ1) is 23.3.